The molecule has 9 nitrogen and oxygen atoms in total. The van der Waals surface area contributed by atoms with Crippen LogP contribution in [0.3, 0.4) is 0 Å². The maximum Gasteiger partial charge on any atom is 0.245 e. The number of rotatable bonds is 10. The van der Waals surface area contributed by atoms with Crippen LogP contribution in [0.2, 0.25) is 5.02 Å². The number of aromatic nitrogens is 3. The number of halogens is 1. The summed E-state index contributed by atoms with van der Waals surface area (Å²) in [5.74, 6) is 0.800. The van der Waals surface area contributed by atoms with Gasteiger partial charge in [-0.3, -0.25) is 14.3 Å². The third-order valence-corrected chi connectivity index (χ3v) is 10.1. The number of benzene rings is 1. The molecule has 5 rings (SSSR count). The van der Waals surface area contributed by atoms with E-state index in [0.717, 1.165) is 50.9 Å². The summed E-state index contributed by atoms with van der Waals surface area (Å²) in [5, 5.41) is 11.5. The molecule has 3 aliphatic rings. The molecule has 224 valence electrons. The van der Waals surface area contributed by atoms with Crippen molar-refractivity contribution >= 4 is 23.4 Å². The lowest BCUT2D eigenvalue weighted by molar-refractivity contribution is -0.139. The van der Waals surface area contributed by atoms with Gasteiger partial charge in [0.15, 0.2) is 0 Å². The number of nitrogens with zero attached hydrogens (tertiary/aromatic N) is 4. The molecule has 2 aliphatic heterocycles. The van der Waals surface area contributed by atoms with Gasteiger partial charge in [0.05, 0.1) is 6.04 Å². The Bertz CT molecular complexity index is 1110. The van der Waals surface area contributed by atoms with Crippen molar-refractivity contribution in [1.29, 1.82) is 0 Å². The first kappa shape index (κ1) is 30.0. The predicted molar refractivity (Wildman–Crippen MR) is 160 cm³/mol. The minimum absolute atomic E-state index is 0.0274. The molecule has 0 radical (unpaired) electrons. The first-order valence-electron chi connectivity index (χ1n) is 15.5. The van der Waals surface area contributed by atoms with Crippen LogP contribution in [-0.2, 0) is 22.6 Å². The van der Waals surface area contributed by atoms with Crippen molar-refractivity contribution in [3.8, 4) is 0 Å². The summed E-state index contributed by atoms with van der Waals surface area (Å²) < 4.78 is 1.97. The van der Waals surface area contributed by atoms with Gasteiger partial charge in [-0.25, -0.2) is 4.98 Å². The third-order valence-electron chi connectivity index (χ3n) is 9.84. The van der Waals surface area contributed by atoms with E-state index in [1.165, 1.54) is 32.1 Å². The van der Waals surface area contributed by atoms with Gasteiger partial charge in [0.1, 0.15) is 18.7 Å². The van der Waals surface area contributed by atoms with Crippen molar-refractivity contribution in [2.45, 2.75) is 89.3 Å². The van der Waals surface area contributed by atoms with E-state index in [4.69, 9.17) is 17.3 Å². The van der Waals surface area contributed by atoms with Gasteiger partial charge in [-0.15, -0.1) is 0 Å². The quantitative estimate of drug-likeness (QED) is 0.394. The minimum Gasteiger partial charge on any atom is -0.343 e. The van der Waals surface area contributed by atoms with Crippen LogP contribution in [0.1, 0.15) is 69.8 Å². The van der Waals surface area contributed by atoms with Crippen LogP contribution >= 0.6 is 11.6 Å². The summed E-state index contributed by atoms with van der Waals surface area (Å²) in [7, 11) is 0. The number of piperidine rings is 2. The standard InChI is InChI=1S/C31H46ClN7O2/c32-26-8-6-23(7-9-26)19-28(37-29(40)27(33)18-24-10-14-34-15-11-24)30(41)38-16-12-31(13-17-38,20-39-22-35-21-36-39)25-4-2-1-3-5-25/h6-9,21-22,24-25,27-28,34H,1-5,10-20,33H2,(H,37,40)/t27-,28+/m0/s1. The van der Waals surface area contributed by atoms with Gasteiger partial charge in [-0.05, 0) is 93.0 Å². The number of nitrogens with two attached hydrogens (primary N) is 1. The lowest BCUT2D eigenvalue weighted by atomic mass is 9.63. The first-order valence-corrected chi connectivity index (χ1v) is 15.9. The van der Waals surface area contributed by atoms with Crippen LogP contribution in [0.15, 0.2) is 36.9 Å². The SMILES string of the molecule is N[C@@H](CC1CCNCC1)C(=O)N[C@H](Cc1ccc(Cl)cc1)C(=O)N1CCC(Cn2cncn2)(C2CCCCC2)CC1. The zero-order chi connectivity index (χ0) is 28.7. The maximum atomic E-state index is 14.0. The largest absolute Gasteiger partial charge is 0.343 e. The molecule has 10 heteroatoms. The number of carbonyl (C=O) groups excluding carboxylic acids is 2. The lowest BCUT2D eigenvalue weighted by Crippen LogP contribution is -2.56. The fourth-order valence-electron chi connectivity index (χ4n) is 7.36. The van der Waals surface area contributed by atoms with Gasteiger partial charge in [0, 0.05) is 31.1 Å². The van der Waals surface area contributed by atoms with Crippen LogP contribution in [0.5, 0.6) is 0 Å². The Kier molecular flexibility index (Phi) is 10.3. The minimum atomic E-state index is -0.666. The maximum absolute atomic E-state index is 14.0. The number of hydrogen-bond donors (Lipinski definition) is 3. The normalized spacial score (nSPS) is 21.8. The van der Waals surface area contributed by atoms with Crippen molar-refractivity contribution in [3.05, 3.63) is 47.5 Å². The molecular formula is C31H46ClN7O2. The van der Waals surface area contributed by atoms with Crippen LogP contribution in [-0.4, -0.2) is 69.7 Å². The van der Waals surface area contributed by atoms with Gasteiger partial charge >= 0.3 is 0 Å². The predicted octanol–water partition coefficient (Wildman–Crippen LogP) is 3.57. The average molecular weight is 584 g/mol. The average Bonchev–Trinajstić information content (AvgIpc) is 3.51. The molecule has 41 heavy (non-hydrogen) atoms. The second-order valence-corrected chi connectivity index (χ2v) is 13.0. The highest BCUT2D eigenvalue weighted by Crippen LogP contribution is 2.47. The number of nitrogens with one attached hydrogen (secondary N) is 2. The molecule has 0 bridgehead atoms. The molecule has 0 spiro atoms. The molecule has 0 unspecified atom stereocenters. The fourth-order valence-corrected chi connectivity index (χ4v) is 7.48. The second-order valence-electron chi connectivity index (χ2n) is 12.5. The Balaban J connectivity index is 1.27. The zero-order valence-electron chi connectivity index (χ0n) is 24.1. The summed E-state index contributed by atoms with van der Waals surface area (Å²) in [5.41, 5.74) is 7.45. The van der Waals surface area contributed by atoms with E-state index < -0.39 is 12.1 Å². The molecule has 3 fully saturated rings. The number of amides is 2. The van der Waals surface area contributed by atoms with Crippen molar-refractivity contribution in [2.24, 2.45) is 23.0 Å². The highest BCUT2D eigenvalue weighted by Gasteiger charge is 2.44. The van der Waals surface area contributed by atoms with E-state index in [2.05, 4.69) is 20.7 Å². The second kappa shape index (κ2) is 14.1. The zero-order valence-corrected chi connectivity index (χ0v) is 24.9. The molecule has 1 aromatic carbocycles. The van der Waals surface area contributed by atoms with E-state index in [1.807, 2.05) is 40.2 Å². The molecular weight excluding hydrogens is 538 g/mol. The van der Waals surface area contributed by atoms with Crippen LogP contribution in [0.4, 0.5) is 0 Å². The Morgan fingerprint density at radius 1 is 1.07 bits per heavy atom. The topological polar surface area (TPSA) is 118 Å². The van der Waals surface area contributed by atoms with Crippen molar-refractivity contribution in [2.75, 3.05) is 26.2 Å². The van der Waals surface area contributed by atoms with Crippen molar-refractivity contribution < 1.29 is 9.59 Å². The molecule has 2 amide bonds. The third kappa shape index (κ3) is 7.87. The Hall–Kier alpha value is -2.49. The molecule has 1 aliphatic carbocycles. The summed E-state index contributed by atoms with van der Waals surface area (Å²) in [6.45, 7) is 4.13. The molecule has 3 heterocycles. The number of likely N-dealkylation sites (tertiary alicyclic amines) is 1. The van der Waals surface area contributed by atoms with Crippen molar-refractivity contribution in [3.63, 3.8) is 0 Å². The Morgan fingerprint density at radius 3 is 2.44 bits per heavy atom. The summed E-state index contributed by atoms with van der Waals surface area (Å²) >= 11 is 6.12. The van der Waals surface area contributed by atoms with E-state index in [0.29, 0.717) is 42.8 Å². The summed E-state index contributed by atoms with van der Waals surface area (Å²) in [4.78, 5) is 33.5. The van der Waals surface area contributed by atoms with Crippen LogP contribution < -0.4 is 16.4 Å². The molecule has 4 N–H and O–H groups in total. The molecule has 2 atom stereocenters. The Labute approximate surface area is 249 Å². The van der Waals surface area contributed by atoms with Crippen LogP contribution in [0, 0.1) is 17.3 Å². The van der Waals surface area contributed by atoms with Gasteiger partial charge < -0.3 is 21.3 Å². The molecule has 2 saturated heterocycles. The molecule has 1 saturated carbocycles. The Morgan fingerprint density at radius 2 is 1.78 bits per heavy atom. The van der Waals surface area contributed by atoms with Crippen molar-refractivity contribution in [1.82, 2.24) is 30.3 Å². The lowest BCUT2D eigenvalue weighted by Gasteiger charge is -2.48. The van der Waals surface area contributed by atoms with E-state index in [9.17, 15) is 9.59 Å². The van der Waals surface area contributed by atoms with Crippen LogP contribution in [0.25, 0.3) is 0 Å². The summed E-state index contributed by atoms with van der Waals surface area (Å²) in [6.07, 6.45) is 14.7. The number of hydrogen-bond acceptors (Lipinski definition) is 6. The highest BCUT2D eigenvalue weighted by atomic mass is 35.5. The van der Waals surface area contributed by atoms with Gasteiger partial charge in [0.25, 0.3) is 0 Å². The summed E-state index contributed by atoms with van der Waals surface area (Å²) in [6, 6.07) is 6.21. The molecule has 1 aromatic heterocycles. The van der Waals surface area contributed by atoms with E-state index in [-0.39, 0.29) is 17.2 Å². The highest BCUT2D eigenvalue weighted by molar-refractivity contribution is 6.30. The van der Waals surface area contributed by atoms with E-state index in [1.54, 1.807) is 6.33 Å². The van der Waals surface area contributed by atoms with Gasteiger partial charge in [-0.1, -0.05) is 43.0 Å². The van der Waals surface area contributed by atoms with Gasteiger partial charge in [0.2, 0.25) is 11.8 Å². The van der Waals surface area contributed by atoms with Gasteiger partial charge in [-0.2, -0.15) is 5.10 Å². The van der Waals surface area contributed by atoms with E-state index >= 15 is 0 Å². The monoisotopic (exact) mass is 583 g/mol. The first-order chi connectivity index (χ1) is 19.9. The smallest absolute Gasteiger partial charge is 0.245 e. The number of carbonyl (C=O) groups is 2. The fraction of sp³-hybridized carbons (Fsp3) is 0.677. The molecule has 2 aromatic rings.